The van der Waals surface area contributed by atoms with Gasteiger partial charge in [0.25, 0.3) is 0 Å². The molecular formula is C15H16N2O2. The minimum Gasteiger partial charge on any atom is -0.469 e. The van der Waals surface area contributed by atoms with Crippen LogP contribution in [0.15, 0.2) is 34.9 Å². The van der Waals surface area contributed by atoms with E-state index in [9.17, 15) is 4.79 Å². The average molecular weight is 256 g/mol. The molecule has 1 aromatic heterocycles. The van der Waals surface area contributed by atoms with Gasteiger partial charge in [0, 0.05) is 11.3 Å². The van der Waals surface area contributed by atoms with Gasteiger partial charge in [0.1, 0.15) is 5.76 Å². The minimum atomic E-state index is 0.0623. The van der Waals surface area contributed by atoms with Gasteiger partial charge in [-0.2, -0.15) is 0 Å². The summed E-state index contributed by atoms with van der Waals surface area (Å²) in [6.45, 7) is 1.93. The van der Waals surface area contributed by atoms with Crippen LogP contribution in [0.25, 0.3) is 0 Å². The molecule has 2 N–H and O–H groups in total. The van der Waals surface area contributed by atoms with Gasteiger partial charge < -0.3 is 15.1 Å². The second-order valence-corrected chi connectivity index (χ2v) is 4.85. The van der Waals surface area contributed by atoms with Gasteiger partial charge >= 0.3 is 0 Å². The SMILES string of the molecule is CNC(c1coc(C)c1)c1ccc2c(c1)CC(=O)N2. The Hall–Kier alpha value is -2.07. The van der Waals surface area contributed by atoms with Crippen molar-refractivity contribution in [3.63, 3.8) is 0 Å². The third-order valence-corrected chi connectivity index (χ3v) is 3.46. The molecule has 1 atom stereocenters. The number of aryl methyl sites for hydroxylation is 1. The molecule has 3 rings (SSSR count). The van der Waals surface area contributed by atoms with Crippen molar-refractivity contribution in [2.75, 3.05) is 12.4 Å². The molecule has 2 heterocycles. The van der Waals surface area contributed by atoms with E-state index in [0.717, 1.165) is 28.1 Å². The number of furan rings is 1. The lowest BCUT2D eigenvalue weighted by atomic mass is 9.98. The highest BCUT2D eigenvalue weighted by Gasteiger charge is 2.20. The number of carbonyl (C=O) groups is 1. The van der Waals surface area contributed by atoms with Crippen LogP contribution in [-0.4, -0.2) is 13.0 Å². The fourth-order valence-electron chi connectivity index (χ4n) is 2.57. The maximum Gasteiger partial charge on any atom is 0.228 e. The summed E-state index contributed by atoms with van der Waals surface area (Å²) < 4.78 is 5.37. The molecule has 2 aromatic rings. The molecule has 1 aliphatic heterocycles. The van der Waals surface area contributed by atoms with Crippen LogP contribution < -0.4 is 10.6 Å². The van der Waals surface area contributed by atoms with Crippen molar-refractivity contribution >= 4 is 11.6 Å². The first-order chi connectivity index (χ1) is 9.17. The molecule has 0 bridgehead atoms. The summed E-state index contributed by atoms with van der Waals surface area (Å²) in [4.78, 5) is 11.4. The van der Waals surface area contributed by atoms with Gasteiger partial charge in [-0.05, 0) is 37.2 Å². The van der Waals surface area contributed by atoms with Crippen LogP contribution in [0.1, 0.15) is 28.5 Å². The zero-order valence-corrected chi connectivity index (χ0v) is 11.0. The second-order valence-electron chi connectivity index (χ2n) is 4.85. The van der Waals surface area contributed by atoms with Crippen molar-refractivity contribution in [2.24, 2.45) is 0 Å². The maximum atomic E-state index is 11.4. The number of anilines is 1. The van der Waals surface area contributed by atoms with Gasteiger partial charge in [0.15, 0.2) is 0 Å². The summed E-state index contributed by atoms with van der Waals surface area (Å²) in [5, 5.41) is 6.13. The number of fused-ring (bicyclic) bond motifs is 1. The molecule has 19 heavy (non-hydrogen) atoms. The van der Waals surface area contributed by atoms with Crippen LogP contribution in [0.4, 0.5) is 5.69 Å². The Kier molecular flexibility index (Phi) is 2.87. The summed E-state index contributed by atoms with van der Waals surface area (Å²) in [6, 6.07) is 8.19. The van der Waals surface area contributed by atoms with Gasteiger partial charge in [-0.15, -0.1) is 0 Å². The fourth-order valence-corrected chi connectivity index (χ4v) is 2.57. The molecule has 1 amide bonds. The Balaban J connectivity index is 1.97. The highest BCUT2D eigenvalue weighted by atomic mass is 16.3. The Morgan fingerprint density at radius 3 is 2.84 bits per heavy atom. The molecule has 0 spiro atoms. The number of nitrogens with one attached hydrogen (secondary N) is 2. The normalized spacial score (nSPS) is 15.2. The van der Waals surface area contributed by atoms with Crippen LogP contribution in [0.2, 0.25) is 0 Å². The summed E-state index contributed by atoms with van der Waals surface area (Å²) in [5.41, 5.74) is 4.21. The van der Waals surface area contributed by atoms with Crippen molar-refractivity contribution < 1.29 is 9.21 Å². The summed E-state index contributed by atoms with van der Waals surface area (Å²) >= 11 is 0. The Morgan fingerprint density at radius 1 is 1.32 bits per heavy atom. The first kappa shape index (κ1) is 12.0. The third-order valence-electron chi connectivity index (χ3n) is 3.46. The van der Waals surface area contributed by atoms with E-state index >= 15 is 0 Å². The predicted octanol–water partition coefficient (Wildman–Crippen LogP) is 2.39. The van der Waals surface area contributed by atoms with Crippen molar-refractivity contribution in [3.8, 4) is 0 Å². The van der Waals surface area contributed by atoms with E-state index in [-0.39, 0.29) is 11.9 Å². The fraction of sp³-hybridized carbons (Fsp3) is 0.267. The lowest BCUT2D eigenvalue weighted by Gasteiger charge is -2.15. The van der Waals surface area contributed by atoms with Crippen molar-refractivity contribution in [1.29, 1.82) is 0 Å². The molecule has 1 unspecified atom stereocenters. The molecule has 0 fully saturated rings. The minimum absolute atomic E-state index is 0.0623. The van der Waals surface area contributed by atoms with Crippen LogP contribution >= 0.6 is 0 Å². The number of carbonyl (C=O) groups excluding carboxylic acids is 1. The van der Waals surface area contributed by atoms with E-state index in [2.05, 4.69) is 16.7 Å². The lowest BCUT2D eigenvalue weighted by molar-refractivity contribution is -0.115. The zero-order chi connectivity index (χ0) is 13.4. The summed E-state index contributed by atoms with van der Waals surface area (Å²) in [6.07, 6.45) is 2.23. The van der Waals surface area contributed by atoms with Gasteiger partial charge in [0.05, 0.1) is 18.7 Å². The average Bonchev–Trinajstić information content (AvgIpc) is 2.95. The van der Waals surface area contributed by atoms with Gasteiger partial charge in [-0.25, -0.2) is 0 Å². The standard InChI is InChI=1S/C15H16N2O2/c1-9-5-12(8-19-9)15(16-2)10-3-4-13-11(6-10)7-14(18)17-13/h3-6,8,15-16H,7H2,1-2H3,(H,17,18). The Bertz CT molecular complexity index is 631. The lowest BCUT2D eigenvalue weighted by Crippen LogP contribution is -2.17. The second kappa shape index (κ2) is 4.55. The zero-order valence-electron chi connectivity index (χ0n) is 11.0. The highest BCUT2D eigenvalue weighted by molar-refractivity contribution is 5.99. The van der Waals surface area contributed by atoms with E-state index in [1.54, 1.807) is 6.26 Å². The van der Waals surface area contributed by atoms with E-state index < -0.39 is 0 Å². The Labute approximate surface area is 111 Å². The molecule has 1 aromatic carbocycles. The van der Waals surface area contributed by atoms with Crippen LogP contribution in [0.5, 0.6) is 0 Å². The molecular weight excluding hydrogens is 240 g/mol. The number of benzene rings is 1. The predicted molar refractivity (Wildman–Crippen MR) is 73.1 cm³/mol. The summed E-state index contributed by atoms with van der Waals surface area (Å²) in [7, 11) is 1.92. The number of hydrogen-bond donors (Lipinski definition) is 2. The van der Waals surface area contributed by atoms with E-state index in [1.807, 2.05) is 32.2 Å². The molecule has 0 saturated carbocycles. The van der Waals surface area contributed by atoms with Gasteiger partial charge in [0.2, 0.25) is 5.91 Å². The monoisotopic (exact) mass is 256 g/mol. The molecule has 0 aliphatic carbocycles. The molecule has 4 nitrogen and oxygen atoms in total. The van der Waals surface area contributed by atoms with Crippen LogP contribution in [-0.2, 0) is 11.2 Å². The van der Waals surface area contributed by atoms with E-state index in [0.29, 0.717) is 6.42 Å². The first-order valence-electron chi connectivity index (χ1n) is 6.32. The topological polar surface area (TPSA) is 54.3 Å². The van der Waals surface area contributed by atoms with E-state index in [4.69, 9.17) is 4.42 Å². The largest absolute Gasteiger partial charge is 0.469 e. The number of hydrogen-bond acceptors (Lipinski definition) is 3. The maximum absolute atomic E-state index is 11.4. The quantitative estimate of drug-likeness (QED) is 0.886. The Morgan fingerprint density at radius 2 is 2.16 bits per heavy atom. The van der Waals surface area contributed by atoms with E-state index in [1.165, 1.54) is 0 Å². The molecule has 4 heteroatoms. The molecule has 0 saturated heterocycles. The highest BCUT2D eigenvalue weighted by Crippen LogP contribution is 2.29. The van der Waals surface area contributed by atoms with Crippen LogP contribution in [0.3, 0.4) is 0 Å². The van der Waals surface area contributed by atoms with Gasteiger partial charge in [-0.3, -0.25) is 4.79 Å². The van der Waals surface area contributed by atoms with Crippen molar-refractivity contribution in [3.05, 3.63) is 53.0 Å². The van der Waals surface area contributed by atoms with Crippen molar-refractivity contribution in [1.82, 2.24) is 5.32 Å². The smallest absolute Gasteiger partial charge is 0.228 e. The number of amides is 1. The third kappa shape index (κ3) is 2.15. The number of rotatable bonds is 3. The first-order valence-corrected chi connectivity index (χ1v) is 6.32. The molecule has 0 radical (unpaired) electrons. The summed E-state index contributed by atoms with van der Waals surface area (Å²) in [5.74, 6) is 0.959. The van der Waals surface area contributed by atoms with Crippen molar-refractivity contribution in [2.45, 2.75) is 19.4 Å². The van der Waals surface area contributed by atoms with Crippen LogP contribution in [0, 0.1) is 6.92 Å². The molecule has 98 valence electrons. The van der Waals surface area contributed by atoms with Gasteiger partial charge in [-0.1, -0.05) is 12.1 Å². The molecule has 1 aliphatic rings.